The van der Waals surface area contributed by atoms with Gasteiger partial charge in [0.25, 0.3) is 0 Å². The normalized spacial score (nSPS) is 18.4. The third-order valence-electron chi connectivity index (χ3n) is 2.95. The van der Waals surface area contributed by atoms with Gasteiger partial charge in [-0.2, -0.15) is 0 Å². The fourth-order valence-electron chi connectivity index (χ4n) is 1.94. The smallest absolute Gasteiger partial charge is 0.406 e. The first-order chi connectivity index (χ1) is 9.83. The molecule has 1 aromatic carbocycles. The van der Waals surface area contributed by atoms with Crippen molar-refractivity contribution in [2.45, 2.75) is 31.8 Å². The van der Waals surface area contributed by atoms with E-state index in [9.17, 15) is 22.8 Å². The molecule has 1 aliphatic rings. The maximum Gasteiger partial charge on any atom is 0.573 e. The molecule has 1 aromatic rings. The number of piperidine rings is 1. The second-order valence-corrected chi connectivity index (χ2v) is 4.58. The molecule has 5 nitrogen and oxygen atoms in total. The highest BCUT2D eigenvalue weighted by molar-refractivity contribution is 6.00. The Morgan fingerprint density at radius 2 is 1.86 bits per heavy atom. The quantitative estimate of drug-likeness (QED) is 0.823. The molecule has 0 aromatic heterocycles. The van der Waals surface area contributed by atoms with Crippen molar-refractivity contribution in [3.8, 4) is 5.75 Å². The van der Waals surface area contributed by atoms with Crippen molar-refractivity contribution in [3.63, 3.8) is 0 Å². The molecule has 2 N–H and O–H groups in total. The van der Waals surface area contributed by atoms with Gasteiger partial charge in [-0.3, -0.25) is 14.9 Å². The van der Waals surface area contributed by atoms with Crippen LogP contribution in [-0.4, -0.2) is 24.2 Å². The molecule has 1 saturated heterocycles. The molecule has 22 heavy (non-hydrogen) atoms. The van der Waals surface area contributed by atoms with Gasteiger partial charge in [-0.25, -0.2) is 0 Å². The SMILES string of the molecule is Cl.O=C1CCC(NCc2ccc(OC(F)(F)F)cc2)C(=O)N1. The molecule has 122 valence electrons. The highest BCUT2D eigenvalue weighted by atomic mass is 35.5. The second kappa shape index (κ2) is 7.46. The molecule has 1 unspecified atom stereocenters. The van der Waals surface area contributed by atoms with Crippen LogP contribution in [-0.2, 0) is 16.1 Å². The molecular weight excluding hydrogens is 325 g/mol. The van der Waals surface area contributed by atoms with E-state index in [0.29, 0.717) is 18.5 Å². The van der Waals surface area contributed by atoms with Crippen molar-refractivity contribution in [1.29, 1.82) is 0 Å². The Morgan fingerprint density at radius 3 is 2.41 bits per heavy atom. The molecule has 0 aliphatic carbocycles. The third-order valence-corrected chi connectivity index (χ3v) is 2.95. The number of rotatable bonds is 4. The summed E-state index contributed by atoms with van der Waals surface area (Å²) in [5.41, 5.74) is 0.703. The van der Waals surface area contributed by atoms with Gasteiger partial charge in [0.15, 0.2) is 0 Å². The van der Waals surface area contributed by atoms with Crippen LogP contribution in [0.3, 0.4) is 0 Å². The Labute approximate surface area is 130 Å². The third kappa shape index (κ3) is 5.53. The Kier molecular flexibility index (Phi) is 6.19. The standard InChI is InChI=1S/C13H13F3N2O3.ClH/c14-13(15,16)21-9-3-1-8(2-4-9)7-17-10-5-6-11(19)18-12(10)20;/h1-4,10,17H,5-7H2,(H,18,19,20);1H. The molecule has 0 bridgehead atoms. The van der Waals surface area contributed by atoms with E-state index in [1.54, 1.807) is 0 Å². The van der Waals surface area contributed by atoms with E-state index in [2.05, 4.69) is 15.4 Å². The number of benzene rings is 1. The average Bonchev–Trinajstić information content (AvgIpc) is 2.38. The van der Waals surface area contributed by atoms with E-state index in [1.807, 2.05) is 0 Å². The molecule has 0 saturated carbocycles. The number of hydrogen-bond acceptors (Lipinski definition) is 4. The van der Waals surface area contributed by atoms with Crippen LogP contribution in [0.5, 0.6) is 5.75 Å². The molecule has 1 aliphatic heterocycles. The summed E-state index contributed by atoms with van der Waals surface area (Å²) in [6, 6.07) is 4.87. The Hall–Kier alpha value is -1.80. The lowest BCUT2D eigenvalue weighted by Gasteiger charge is -2.21. The maximum atomic E-state index is 12.0. The van der Waals surface area contributed by atoms with Crippen LogP contribution < -0.4 is 15.4 Å². The van der Waals surface area contributed by atoms with Gasteiger partial charge in [-0.15, -0.1) is 25.6 Å². The van der Waals surface area contributed by atoms with Crippen LogP contribution in [0.4, 0.5) is 13.2 Å². The summed E-state index contributed by atoms with van der Waals surface area (Å²) >= 11 is 0. The summed E-state index contributed by atoms with van der Waals surface area (Å²) in [7, 11) is 0. The molecule has 1 atom stereocenters. The summed E-state index contributed by atoms with van der Waals surface area (Å²) in [5, 5.41) is 5.16. The van der Waals surface area contributed by atoms with Crippen LogP contribution in [0.15, 0.2) is 24.3 Å². The number of hydrogen-bond donors (Lipinski definition) is 2. The molecule has 1 heterocycles. The second-order valence-electron chi connectivity index (χ2n) is 4.58. The number of carbonyl (C=O) groups excluding carboxylic acids is 2. The van der Waals surface area contributed by atoms with Crippen LogP contribution >= 0.6 is 12.4 Å². The van der Waals surface area contributed by atoms with Crippen molar-refractivity contribution in [2.24, 2.45) is 0 Å². The van der Waals surface area contributed by atoms with E-state index in [0.717, 1.165) is 0 Å². The average molecular weight is 339 g/mol. The Bertz CT molecular complexity index is 534. The zero-order chi connectivity index (χ0) is 15.5. The van der Waals surface area contributed by atoms with Crippen molar-refractivity contribution in [3.05, 3.63) is 29.8 Å². The number of nitrogens with one attached hydrogen (secondary N) is 2. The minimum atomic E-state index is -4.72. The minimum Gasteiger partial charge on any atom is -0.406 e. The number of ether oxygens (including phenoxy) is 1. The first-order valence-electron chi connectivity index (χ1n) is 6.25. The zero-order valence-corrected chi connectivity index (χ0v) is 12.1. The van der Waals surface area contributed by atoms with E-state index in [4.69, 9.17) is 0 Å². The first kappa shape index (κ1) is 18.2. The topological polar surface area (TPSA) is 67.4 Å². The lowest BCUT2D eigenvalue weighted by atomic mass is 10.1. The van der Waals surface area contributed by atoms with Gasteiger partial charge in [0.2, 0.25) is 11.8 Å². The van der Waals surface area contributed by atoms with Crippen LogP contribution in [0.1, 0.15) is 18.4 Å². The molecule has 2 amide bonds. The molecule has 0 spiro atoms. The lowest BCUT2D eigenvalue weighted by molar-refractivity contribution is -0.274. The summed E-state index contributed by atoms with van der Waals surface area (Å²) < 4.78 is 39.8. The summed E-state index contributed by atoms with van der Waals surface area (Å²) in [5.74, 6) is -0.984. The minimum absolute atomic E-state index is 0. The van der Waals surface area contributed by atoms with Gasteiger partial charge in [0.1, 0.15) is 5.75 Å². The fourth-order valence-corrected chi connectivity index (χ4v) is 1.94. The molecular formula is C13H14ClF3N2O3. The van der Waals surface area contributed by atoms with Gasteiger partial charge in [-0.05, 0) is 24.1 Å². The van der Waals surface area contributed by atoms with Gasteiger partial charge >= 0.3 is 6.36 Å². The molecule has 9 heteroatoms. The highest BCUT2D eigenvalue weighted by Gasteiger charge is 2.31. The van der Waals surface area contributed by atoms with E-state index < -0.39 is 12.4 Å². The zero-order valence-electron chi connectivity index (χ0n) is 11.3. The number of carbonyl (C=O) groups is 2. The van der Waals surface area contributed by atoms with Gasteiger partial charge in [0.05, 0.1) is 6.04 Å². The Morgan fingerprint density at radius 1 is 1.23 bits per heavy atom. The van der Waals surface area contributed by atoms with Gasteiger partial charge in [-0.1, -0.05) is 12.1 Å². The number of halogens is 4. The van der Waals surface area contributed by atoms with Crippen LogP contribution in [0.2, 0.25) is 0 Å². The molecule has 0 radical (unpaired) electrons. The molecule has 1 fully saturated rings. The van der Waals surface area contributed by atoms with Crippen molar-refractivity contribution < 1.29 is 27.5 Å². The predicted octanol–water partition coefficient (Wildman–Crippen LogP) is 1.90. The van der Waals surface area contributed by atoms with Crippen molar-refractivity contribution in [2.75, 3.05) is 0 Å². The van der Waals surface area contributed by atoms with Crippen molar-refractivity contribution >= 4 is 24.2 Å². The first-order valence-corrected chi connectivity index (χ1v) is 6.25. The van der Waals surface area contributed by atoms with Gasteiger partial charge in [0, 0.05) is 13.0 Å². The monoisotopic (exact) mass is 338 g/mol. The van der Waals surface area contributed by atoms with Crippen LogP contribution in [0.25, 0.3) is 0 Å². The largest absolute Gasteiger partial charge is 0.573 e. The Balaban J connectivity index is 0.00000242. The maximum absolute atomic E-state index is 12.0. The summed E-state index contributed by atoms with van der Waals surface area (Å²) in [6.07, 6.45) is -4.05. The summed E-state index contributed by atoms with van der Waals surface area (Å²) in [6.45, 7) is 0.304. The van der Waals surface area contributed by atoms with E-state index in [1.165, 1.54) is 24.3 Å². The summed E-state index contributed by atoms with van der Waals surface area (Å²) in [4.78, 5) is 22.5. The van der Waals surface area contributed by atoms with Crippen LogP contribution in [0, 0.1) is 0 Å². The molecule has 2 rings (SSSR count). The number of imide groups is 1. The van der Waals surface area contributed by atoms with E-state index in [-0.39, 0.29) is 36.4 Å². The number of amides is 2. The predicted molar refractivity (Wildman–Crippen MR) is 73.4 cm³/mol. The lowest BCUT2D eigenvalue weighted by Crippen LogP contribution is -2.50. The fraction of sp³-hybridized carbons (Fsp3) is 0.385. The van der Waals surface area contributed by atoms with E-state index >= 15 is 0 Å². The van der Waals surface area contributed by atoms with Crippen molar-refractivity contribution in [1.82, 2.24) is 10.6 Å². The highest BCUT2D eigenvalue weighted by Crippen LogP contribution is 2.22. The van der Waals surface area contributed by atoms with Gasteiger partial charge < -0.3 is 10.1 Å². The number of alkyl halides is 3.